The van der Waals surface area contributed by atoms with Gasteiger partial charge in [0.1, 0.15) is 30.0 Å². The summed E-state index contributed by atoms with van der Waals surface area (Å²) >= 11 is 0. The van der Waals surface area contributed by atoms with Crippen LogP contribution in [0.2, 0.25) is 0 Å². The van der Waals surface area contributed by atoms with Crippen LogP contribution in [-0.4, -0.2) is 21.6 Å². The average Bonchev–Trinajstić information content (AvgIpc) is 2.76. The molecule has 9 heteroatoms. The Hall–Kier alpha value is -3.43. The summed E-state index contributed by atoms with van der Waals surface area (Å²) in [5.41, 5.74) is 2.79. The molecule has 172 valence electrons. The molecule has 33 heavy (non-hydrogen) atoms. The van der Waals surface area contributed by atoms with Crippen molar-refractivity contribution in [2.45, 2.75) is 18.5 Å². The Morgan fingerprint density at radius 1 is 1.12 bits per heavy atom. The number of alkyl halides is 2. The van der Waals surface area contributed by atoms with Crippen molar-refractivity contribution in [1.29, 1.82) is 0 Å². The second-order valence-electron chi connectivity index (χ2n) is 7.40. The highest BCUT2D eigenvalue weighted by molar-refractivity contribution is 7.88. The molecule has 4 rings (SSSR count). The van der Waals surface area contributed by atoms with Crippen LogP contribution in [-0.2, 0) is 15.8 Å². The lowest BCUT2D eigenvalue weighted by Crippen LogP contribution is -2.18. The molecule has 0 fully saturated rings. The van der Waals surface area contributed by atoms with E-state index < -0.39 is 22.7 Å². The summed E-state index contributed by atoms with van der Waals surface area (Å²) in [5.74, 6) is 0.612. The highest BCUT2D eigenvalue weighted by Crippen LogP contribution is 2.49. The summed E-state index contributed by atoms with van der Waals surface area (Å²) in [5, 5.41) is 5.22. The standard InChI is InChI=1S/C24H21F2NO5S/c1-2-12-30-17-9-7-16(8-10-17)23-19-13-15(14-33(27,28)29)6-11-18(19)22-20(31-23)4-3-5-21(22)32-24(25)26/h2-11,13,23-24H,1,12,14H2,(H2,27,28,29). The Labute approximate surface area is 190 Å². The van der Waals surface area contributed by atoms with E-state index in [0.717, 1.165) is 5.56 Å². The first kappa shape index (κ1) is 22.8. The first-order chi connectivity index (χ1) is 15.7. The van der Waals surface area contributed by atoms with Gasteiger partial charge in [-0.2, -0.15) is 8.78 Å². The summed E-state index contributed by atoms with van der Waals surface area (Å²) in [4.78, 5) is 0. The number of sulfonamides is 1. The van der Waals surface area contributed by atoms with Gasteiger partial charge in [-0.1, -0.05) is 49.1 Å². The van der Waals surface area contributed by atoms with Crippen LogP contribution in [0, 0.1) is 0 Å². The van der Waals surface area contributed by atoms with E-state index in [0.29, 0.717) is 40.4 Å². The summed E-state index contributed by atoms with van der Waals surface area (Å²) in [6.07, 6.45) is 1.01. The number of primary sulfonamides is 1. The molecule has 1 aliphatic rings. The zero-order chi connectivity index (χ0) is 23.6. The lowest BCUT2D eigenvalue weighted by Gasteiger charge is -2.30. The summed E-state index contributed by atoms with van der Waals surface area (Å²) < 4.78 is 65.8. The molecule has 0 bridgehead atoms. The molecule has 0 radical (unpaired) electrons. The molecular weight excluding hydrogens is 452 g/mol. The van der Waals surface area contributed by atoms with Crippen molar-refractivity contribution >= 4 is 10.0 Å². The smallest absolute Gasteiger partial charge is 0.387 e. The van der Waals surface area contributed by atoms with Crippen LogP contribution in [0.15, 0.2) is 73.3 Å². The van der Waals surface area contributed by atoms with Gasteiger partial charge in [0.05, 0.1) is 11.3 Å². The third-order valence-electron chi connectivity index (χ3n) is 5.04. The highest BCUT2D eigenvalue weighted by atomic mass is 32.2. The fourth-order valence-electron chi connectivity index (χ4n) is 3.78. The Morgan fingerprint density at radius 3 is 2.55 bits per heavy atom. The molecule has 0 spiro atoms. The van der Waals surface area contributed by atoms with E-state index in [4.69, 9.17) is 19.3 Å². The SMILES string of the molecule is C=CCOc1ccc(C2Oc3cccc(OC(F)F)c3-c3ccc(CS(N)(=O)=O)cc32)cc1. The van der Waals surface area contributed by atoms with Crippen molar-refractivity contribution in [2.75, 3.05) is 6.61 Å². The predicted octanol–water partition coefficient (Wildman–Crippen LogP) is 4.79. The maximum Gasteiger partial charge on any atom is 0.387 e. The van der Waals surface area contributed by atoms with Crippen molar-refractivity contribution in [3.63, 3.8) is 0 Å². The number of rotatable bonds is 8. The number of hydrogen-bond acceptors (Lipinski definition) is 5. The Kier molecular flexibility index (Phi) is 6.35. The van der Waals surface area contributed by atoms with Crippen LogP contribution in [0.25, 0.3) is 11.1 Å². The lowest BCUT2D eigenvalue weighted by atomic mass is 9.88. The van der Waals surface area contributed by atoms with Crippen molar-refractivity contribution < 1.29 is 31.4 Å². The van der Waals surface area contributed by atoms with Gasteiger partial charge in [0.25, 0.3) is 0 Å². The third kappa shape index (κ3) is 5.15. The van der Waals surface area contributed by atoms with Crippen LogP contribution in [0.1, 0.15) is 22.8 Å². The van der Waals surface area contributed by atoms with Crippen LogP contribution in [0.5, 0.6) is 17.2 Å². The van der Waals surface area contributed by atoms with Gasteiger partial charge in [-0.05, 0) is 41.0 Å². The number of ether oxygens (including phenoxy) is 3. The number of benzene rings is 3. The minimum atomic E-state index is -3.77. The first-order valence-corrected chi connectivity index (χ1v) is 11.7. The minimum Gasteiger partial charge on any atom is -0.490 e. The fourth-order valence-corrected chi connectivity index (χ4v) is 4.42. The van der Waals surface area contributed by atoms with E-state index in [1.807, 2.05) is 12.1 Å². The zero-order valence-corrected chi connectivity index (χ0v) is 18.2. The van der Waals surface area contributed by atoms with E-state index in [9.17, 15) is 17.2 Å². The molecule has 2 N–H and O–H groups in total. The molecule has 1 heterocycles. The van der Waals surface area contributed by atoms with E-state index in [1.165, 1.54) is 6.07 Å². The molecule has 1 atom stereocenters. The van der Waals surface area contributed by atoms with Crippen molar-refractivity contribution in [2.24, 2.45) is 5.14 Å². The molecule has 3 aromatic rings. The van der Waals surface area contributed by atoms with E-state index in [-0.39, 0.29) is 11.5 Å². The van der Waals surface area contributed by atoms with Gasteiger partial charge in [-0.3, -0.25) is 0 Å². The lowest BCUT2D eigenvalue weighted by molar-refractivity contribution is -0.0496. The van der Waals surface area contributed by atoms with Gasteiger partial charge < -0.3 is 14.2 Å². The zero-order valence-electron chi connectivity index (χ0n) is 17.4. The third-order valence-corrected chi connectivity index (χ3v) is 5.77. The molecule has 0 amide bonds. The molecule has 1 unspecified atom stereocenters. The molecule has 1 aliphatic heterocycles. The number of nitrogens with two attached hydrogens (primary N) is 1. The van der Waals surface area contributed by atoms with E-state index in [1.54, 1.807) is 48.5 Å². The summed E-state index contributed by atoms with van der Waals surface area (Å²) in [6.45, 7) is 0.967. The Morgan fingerprint density at radius 2 is 1.88 bits per heavy atom. The van der Waals surface area contributed by atoms with E-state index >= 15 is 0 Å². The monoisotopic (exact) mass is 473 g/mol. The molecule has 0 saturated heterocycles. The Bertz CT molecular complexity index is 1280. The van der Waals surface area contributed by atoms with Crippen molar-refractivity contribution in [1.82, 2.24) is 0 Å². The van der Waals surface area contributed by atoms with Gasteiger partial charge in [0, 0.05) is 5.56 Å². The van der Waals surface area contributed by atoms with Gasteiger partial charge in [0.15, 0.2) is 0 Å². The molecule has 0 aliphatic carbocycles. The first-order valence-electron chi connectivity index (χ1n) is 9.97. The second kappa shape index (κ2) is 9.21. The predicted molar refractivity (Wildman–Crippen MR) is 120 cm³/mol. The fraction of sp³-hybridized carbons (Fsp3) is 0.167. The normalized spacial score (nSPS) is 14.7. The molecular formula is C24H21F2NO5S. The number of hydrogen-bond donors (Lipinski definition) is 1. The highest BCUT2D eigenvalue weighted by Gasteiger charge is 2.31. The maximum absolute atomic E-state index is 13.0. The number of halogens is 2. The van der Waals surface area contributed by atoms with E-state index in [2.05, 4.69) is 6.58 Å². The molecule has 3 aromatic carbocycles. The summed E-state index contributed by atoms with van der Waals surface area (Å²) in [7, 11) is -3.77. The molecule has 0 saturated carbocycles. The van der Waals surface area contributed by atoms with Crippen molar-refractivity contribution in [3.05, 3.63) is 90.0 Å². The van der Waals surface area contributed by atoms with Gasteiger partial charge in [-0.25, -0.2) is 13.6 Å². The van der Waals surface area contributed by atoms with Gasteiger partial charge in [0.2, 0.25) is 10.0 Å². The van der Waals surface area contributed by atoms with Gasteiger partial charge in [-0.15, -0.1) is 0 Å². The van der Waals surface area contributed by atoms with Crippen LogP contribution >= 0.6 is 0 Å². The van der Waals surface area contributed by atoms with Crippen LogP contribution < -0.4 is 19.3 Å². The second-order valence-corrected chi connectivity index (χ2v) is 9.02. The van der Waals surface area contributed by atoms with Crippen LogP contribution in [0.4, 0.5) is 8.78 Å². The average molecular weight is 473 g/mol. The molecule has 6 nitrogen and oxygen atoms in total. The minimum absolute atomic E-state index is 0.0328. The quantitative estimate of drug-likeness (QED) is 0.476. The largest absolute Gasteiger partial charge is 0.490 e. The van der Waals surface area contributed by atoms with Crippen LogP contribution in [0.3, 0.4) is 0 Å². The number of fused-ring (bicyclic) bond motifs is 3. The summed E-state index contributed by atoms with van der Waals surface area (Å²) in [6, 6.07) is 16.8. The Balaban J connectivity index is 1.82. The molecule has 0 aromatic heterocycles. The maximum atomic E-state index is 13.0. The van der Waals surface area contributed by atoms with Crippen molar-refractivity contribution in [3.8, 4) is 28.4 Å². The topological polar surface area (TPSA) is 87.8 Å². The van der Waals surface area contributed by atoms with Gasteiger partial charge >= 0.3 is 6.61 Å².